The number of aromatic nitrogens is 2. The highest BCUT2D eigenvalue weighted by Crippen LogP contribution is 2.22. The minimum absolute atomic E-state index is 0.329. The lowest BCUT2D eigenvalue weighted by Crippen LogP contribution is -2.22. The Morgan fingerprint density at radius 1 is 1.28 bits per heavy atom. The van der Waals surface area contributed by atoms with Crippen molar-refractivity contribution in [3.05, 3.63) is 53.6 Å². The highest BCUT2D eigenvalue weighted by Gasteiger charge is 2.18. The molecule has 0 radical (unpaired) electrons. The molecular weight excluding hydrogens is 236 g/mol. The molecule has 1 N–H and O–H groups in total. The number of halogens is 2. The maximum atomic E-state index is 13.3. The van der Waals surface area contributed by atoms with E-state index in [2.05, 4.69) is 10.3 Å². The number of nitrogens with one attached hydrogen (secondary N) is 1. The van der Waals surface area contributed by atoms with Crippen molar-refractivity contribution in [3.63, 3.8) is 0 Å². The number of benzene rings is 1. The van der Waals surface area contributed by atoms with Crippen LogP contribution in [0.5, 0.6) is 0 Å². The lowest BCUT2D eigenvalue weighted by Gasteiger charge is -2.17. The van der Waals surface area contributed by atoms with Crippen LogP contribution >= 0.6 is 0 Å². The molecule has 1 aromatic carbocycles. The Balaban J connectivity index is 2.45. The molecule has 2 rings (SSSR count). The Kier molecular flexibility index (Phi) is 3.72. The first-order valence-corrected chi connectivity index (χ1v) is 5.80. The first kappa shape index (κ1) is 12.7. The average molecular weight is 251 g/mol. The van der Waals surface area contributed by atoms with Crippen LogP contribution in [0, 0.1) is 11.6 Å². The topological polar surface area (TPSA) is 29.9 Å². The van der Waals surface area contributed by atoms with E-state index in [0.717, 1.165) is 18.4 Å². The predicted octanol–water partition coefficient (Wildman–Crippen LogP) is 2.49. The van der Waals surface area contributed by atoms with E-state index < -0.39 is 11.6 Å². The average Bonchev–Trinajstić information content (AvgIpc) is 2.77. The summed E-state index contributed by atoms with van der Waals surface area (Å²) in [6.07, 6.45) is 3.52. The van der Waals surface area contributed by atoms with Crippen molar-refractivity contribution < 1.29 is 8.78 Å². The number of hydrogen-bond acceptors (Lipinski definition) is 2. The summed E-state index contributed by atoms with van der Waals surface area (Å²) < 4.78 is 28.4. The van der Waals surface area contributed by atoms with E-state index in [1.165, 1.54) is 12.1 Å². The van der Waals surface area contributed by atoms with Gasteiger partial charge in [-0.25, -0.2) is 13.8 Å². The Labute approximate surface area is 104 Å². The van der Waals surface area contributed by atoms with Crippen molar-refractivity contribution in [2.75, 3.05) is 7.05 Å². The number of imidazole rings is 1. The summed E-state index contributed by atoms with van der Waals surface area (Å²) in [4.78, 5) is 4.25. The lowest BCUT2D eigenvalue weighted by molar-refractivity contribution is 0.556. The molecule has 0 saturated heterocycles. The van der Waals surface area contributed by atoms with Crippen LogP contribution in [0.1, 0.15) is 24.4 Å². The highest BCUT2D eigenvalue weighted by atomic mass is 19.1. The molecule has 96 valence electrons. The molecule has 0 aliphatic heterocycles. The Morgan fingerprint density at radius 2 is 1.94 bits per heavy atom. The van der Waals surface area contributed by atoms with Gasteiger partial charge in [0.2, 0.25) is 0 Å². The fourth-order valence-corrected chi connectivity index (χ4v) is 2.04. The predicted molar refractivity (Wildman–Crippen MR) is 65.2 cm³/mol. The van der Waals surface area contributed by atoms with Gasteiger partial charge in [-0.3, -0.25) is 0 Å². The molecule has 1 heterocycles. The first-order chi connectivity index (χ1) is 8.65. The van der Waals surface area contributed by atoms with Crippen LogP contribution in [0.2, 0.25) is 0 Å². The molecule has 0 saturated carbocycles. The molecular formula is C13H15F2N3. The van der Waals surface area contributed by atoms with Gasteiger partial charge in [0, 0.05) is 25.0 Å². The van der Waals surface area contributed by atoms with Crippen LogP contribution in [0.3, 0.4) is 0 Å². The molecule has 2 aromatic rings. The third-order valence-electron chi connectivity index (χ3n) is 2.85. The first-order valence-electron chi connectivity index (χ1n) is 5.80. The van der Waals surface area contributed by atoms with Gasteiger partial charge in [0.1, 0.15) is 17.5 Å². The summed E-state index contributed by atoms with van der Waals surface area (Å²) in [7, 11) is 1.74. The molecule has 5 heteroatoms. The molecule has 0 spiro atoms. The third-order valence-corrected chi connectivity index (χ3v) is 2.85. The zero-order valence-electron chi connectivity index (χ0n) is 10.3. The van der Waals surface area contributed by atoms with E-state index >= 15 is 0 Å². The minimum atomic E-state index is -0.583. The Morgan fingerprint density at radius 3 is 2.50 bits per heavy atom. The van der Waals surface area contributed by atoms with E-state index in [-0.39, 0.29) is 6.04 Å². The monoisotopic (exact) mass is 251 g/mol. The number of nitrogens with zero attached hydrogens (tertiary/aromatic N) is 2. The van der Waals surface area contributed by atoms with Crippen LogP contribution in [-0.4, -0.2) is 16.6 Å². The number of hydrogen-bond donors (Lipinski definition) is 1. The summed E-state index contributed by atoms with van der Waals surface area (Å²) in [6, 6.07) is 3.17. The van der Waals surface area contributed by atoms with Gasteiger partial charge in [0.15, 0.2) is 0 Å². The smallest absolute Gasteiger partial charge is 0.130 e. The van der Waals surface area contributed by atoms with Crippen molar-refractivity contribution in [3.8, 4) is 0 Å². The summed E-state index contributed by atoms with van der Waals surface area (Å²) >= 11 is 0. The summed E-state index contributed by atoms with van der Waals surface area (Å²) in [5.41, 5.74) is 0.524. The molecule has 1 unspecified atom stereocenters. The fraction of sp³-hybridized carbons (Fsp3) is 0.308. The molecule has 1 aromatic heterocycles. The second kappa shape index (κ2) is 5.27. The molecule has 18 heavy (non-hydrogen) atoms. The molecule has 0 bridgehead atoms. The number of rotatable bonds is 4. The SMILES string of the molecule is CCn1ccnc1C(NC)c1cc(F)cc(F)c1. The standard InChI is InChI=1S/C13H15F2N3/c1-3-18-5-4-17-13(18)12(16-2)9-6-10(14)8-11(15)7-9/h4-8,12,16H,3H2,1-2H3. The van der Waals surface area contributed by atoms with E-state index in [0.29, 0.717) is 5.56 Å². The van der Waals surface area contributed by atoms with Crippen molar-refractivity contribution in [2.45, 2.75) is 19.5 Å². The summed E-state index contributed by atoms with van der Waals surface area (Å²) in [5, 5.41) is 3.03. The summed E-state index contributed by atoms with van der Waals surface area (Å²) in [6.45, 7) is 2.75. The third kappa shape index (κ3) is 2.41. The second-order valence-corrected chi connectivity index (χ2v) is 4.00. The van der Waals surface area contributed by atoms with E-state index in [1.807, 2.05) is 17.7 Å². The lowest BCUT2D eigenvalue weighted by atomic mass is 10.1. The van der Waals surface area contributed by atoms with Crippen molar-refractivity contribution in [1.82, 2.24) is 14.9 Å². The largest absolute Gasteiger partial charge is 0.334 e. The summed E-state index contributed by atoms with van der Waals surface area (Å²) in [5.74, 6) is -0.426. The van der Waals surface area contributed by atoms with Crippen LogP contribution in [0.25, 0.3) is 0 Å². The van der Waals surface area contributed by atoms with Crippen LogP contribution in [-0.2, 0) is 6.54 Å². The van der Waals surface area contributed by atoms with Gasteiger partial charge >= 0.3 is 0 Å². The Bertz CT molecular complexity index is 517. The Hall–Kier alpha value is -1.75. The van der Waals surface area contributed by atoms with Gasteiger partial charge < -0.3 is 9.88 Å². The van der Waals surface area contributed by atoms with Crippen LogP contribution in [0.15, 0.2) is 30.6 Å². The quantitative estimate of drug-likeness (QED) is 0.904. The second-order valence-electron chi connectivity index (χ2n) is 4.00. The van der Waals surface area contributed by atoms with Gasteiger partial charge in [-0.15, -0.1) is 0 Å². The molecule has 0 aliphatic carbocycles. The number of aryl methyl sites for hydroxylation is 1. The van der Waals surface area contributed by atoms with Gasteiger partial charge in [-0.1, -0.05) is 0 Å². The normalized spacial score (nSPS) is 12.7. The van der Waals surface area contributed by atoms with Crippen LogP contribution in [0.4, 0.5) is 8.78 Å². The minimum Gasteiger partial charge on any atom is -0.334 e. The van der Waals surface area contributed by atoms with E-state index in [1.54, 1.807) is 13.2 Å². The van der Waals surface area contributed by atoms with E-state index in [9.17, 15) is 8.78 Å². The fourth-order valence-electron chi connectivity index (χ4n) is 2.04. The molecule has 0 fully saturated rings. The van der Waals surface area contributed by atoms with Gasteiger partial charge in [-0.05, 0) is 31.7 Å². The maximum absolute atomic E-state index is 13.3. The molecule has 1 atom stereocenters. The zero-order chi connectivity index (χ0) is 13.1. The van der Waals surface area contributed by atoms with Crippen molar-refractivity contribution in [2.24, 2.45) is 0 Å². The van der Waals surface area contributed by atoms with Crippen molar-refractivity contribution >= 4 is 0 Å². The van der Waals surface area contributed by atoms with Crippen LogP contribution < -0.4 is 5.32 Å². The zero-order valence-corrected chi connectivity index (χ0v) is 10.3. The molecule has 0 aliphatic rings. The molecule has 0 amide bonds. The van der Waals surface area contributed by atoms with E-state index in [4.69, 9.17) is 0 Å². The van der Waals surface area contributed by atoms with Gasteiger partial charge in [0.05, 0.1) is 6.04 Å². The highest BCUT2D eigenvalue weighted by molar-refractivity contribution is 5.26. The van der Waals surface area contributed by atoms with Gasteiger partial charge in [0.25, 0.3) is 0 Å². The van der Waals surface area contributed by atoms with Gasteiger partial charge in [-0.2, -0.15) is 0 Å². The molecule has 3 nitrogen and oxygen atoms in total. The maximum Gasteiger partial charge on any atom is 0.130 e. The van der Waals surface area contributed by atoms with Crippen molar-refractivity contribution in [1.29, 1.82) is 0 Å².